The van der Waals surface area contributed by atoms with Gasteiger partial charge >= 0.3 is 15.6 Å². The van der Waals surface area contributed by atoms with Gasteiger partial charge in [0.15, 0.2) is 12.4 Å². The molecule has 0 aromatic rings. The molecule has 0 radical (unpaired) electrons. The van der Waals surface area contributed by atoms with Crippen molar-refractivity contribution in [1.29, 1.82) is 0 Å². The van der Waals surface area contributed by atoms with E-state index in [0.29, 0.717) is 0 Å². The van der Waals surface area contributed by atoms with Crippen LogP contribution in [0, 0.1) is 0 Å². The van der Waals surface area contributed by atoms with E-state index in [2.05, 4.69) is 13.6 Å². The molecule has 0 saturated carbocycles. The molecule has 1 unspecified atom stereocenters. The molecule has 0 bridgehead atoms. The van der Waals surface area contributed by atoms with Gasteiger partial charge in [-0.1, -0.05) is 0 Å². The monoisotopic (exact) mass is 486 g/mol. The summed E-state index contributed by atoms with van der Waals surface area (Å²) in [6, 6.07) is 0. The van der Waals surface area contributed by atoms with E-state index in [4.69, 9.17) is 9.79 Å². The Bertz CT molecular complexity index is 623. The van der Waals surface area contributed by atoms with Crippen molar-refractivity contribution in [2.45, 2.75) is 49.1 Å². The van der Waals surface area contributed by atoms with Gasteiger partial charge in [0.05, 0.1) is 19.3 Å². The molecular formula is C12H24O16P2. The SMILES string of the molecule is O=CC[C@@H](O)[C@H](O)[C@H](O)COP(=O)(O)O[C@@H](C=O)[C@@H](O)[C@H](O)[C@H](O)COP(=O)(O)O. The molecule has 0 aromatic carbocycles. The van der Waals surface area contributed by atoms with E-state index in [1.165, 1.54) is 0 Å². The Hall–Kier alpha value is -0.680. The van der Waals surface area contributed by atoms with E-state index in [1.807, 2.05) is 0 Å². The lowest BCUT2D eigenvalue weighted by Gasteiger charge is -2.28. The van der Waals surface area contributed by atoms with Gasteiger partial charge in [-0.25, -0.2) is 9.13 Å². The highest BCUT2D eigenvalue weighted by Crippen LogP contribution is 2.45. The number of phosphoric acid groups is 2. The van der Waals surface area contributed by atoms with Crippen molar-refractivity contribution in [1.82, 2.24) is 0 Å². The van der Waals surface area contributed by atoms with Crippen LogP contribution in [-0.2, 0) is 32.3 Å². The minimum Gasteiger partial charge on any atom is -0.390 e. The first kappa shape index (κ1) is 29.3. The van der Waals surface area contributed by atoms with Gasteiger partial charge < -0.3 is 54.9 Å². The molecule has 9 N–H and O–H groups in total. The maximum Gasteiger partial charge on any atom is 0.473 e. The smallest absolute Gasteiger partial charge is 0.390 e. The summed E-state index contributed by atoms with van der Waals surface area (Å²) in [7, 11) is -10.3. The Kier molecular flexibility index (Phi) is 12.7. The van der Waals surface area contributed by atoms with Crippen LogP contribution in [0.2, 0.25) is 0 Å². The van der Waals surface area contributed by atoms with Gasteiger partial charge in [-0.15, -0.1) is 0 Å². The zero-order valence-corrected chi connectivity index (χ0v) is 16.9. The van der Waals surface area contributed by atoms with E-state index in [-0.39, 0.29) is 12.6 Å². The number of carbonyl (C=O) groups excluding carboxylic acids is 2. The molecule has 0 fully saturated rings. The number of rotatable bonds is 16. The fraction of sp³-hybridized carbons (Fsp3) is 0.833. The van der Waals surface area contributed by atoms with Gasteiger partial charge in [0.2, 0.25) is 0 Å². The summed E-state index contributed by atoms with van der Waals surface area (Å²) in [5, 5.41) is 57.3. The van der Waals surface area contributed by atoms with E-state index in [9.17, 15) is 54.3 Å². The largest absolute Gasteiger partial charge is 0.473 e. The van der Waals surface area contributed by atoms with Crippen molar-refractivity contribution >= 4 is 28.2 Å². The maximum atomic E-state index is 11.8. The van der Waals surface area contributed by atoms with Crippen LogP contribution in [0.25, 0.3) is 0 Å². The molecule has 0 aliphatic heterocycles. The predicted octanol–water partition coefficient (Wildman–Crippen LogP) is -4.45. The number of hydrogen-bond donors (Lipinski definition) is 9. The summed E-state index contributed by atoms with van der Waals surface area (Å²) in [6.45, 7) is -2.32. The minimum atomic E-state index is -5.23. The van der Waals surface area contributed by atoms with E-state index in [1.54, 1.807) is 0 Å². The van der Waals surface area contributed by atoms with Gasteiger partial charge in [-0.2, -0.15) is 0 Å². The average molecular weight is 486 g/mol. The molecule has 0 saturated heterocycles. The molecule has 8 atom stereocenters. The van der Waals surface area contributed by atoms with Gasteiger partial charge in [-0.05, 0) is 0 Å². The van der Waals surface area contributed by atoms with Crippen LogP contribution in [0.5, 0.6) is 0 Å². The van der Waals surface area contributed by atoms with Crippen LogP contribution < -0.4 is 0 Å². The third-order valence-corrected chi connectivity index (χ3v) is 4.89. The fourth-order valence-electron chi connectivity index (χ4n) is 1.81. The second-order valence-corrected chi connectivity index (χ2v) is 8.48. The lowest BCUT2D eigenvalue weighted by Crippen LogP contribution is -2.47. The highest BCUT2D eigenvalue weighted by atomic mass is 31.2. The standard InChI is InChI=1S/C12H24O16P2/c13-2-1-6(15)10(18)7(16)5-27-30(24,25)28-9(3-14)12(20)11(19)8(17)4-26-29(21,22)23/h2-3,6-12,15-20H,1,4-5H2,(H,24,25)(H2,21,22,23)/t6-,7-,8-,9+,10+,11-,12-/m1/s1. The molecule has 18 heteroatoms. The van der Waals surface area contributed by atoms with Gasteiger partial charge in [0, 0.05) is 6.42 Å². The summed E-state index contributed by atoms with van der Waals surface area (Å²) in [5.74, 6) is 0. The second kappa shape index (κ2) is 13.0. The number of carbonyl (C=O) groups is 2. The van der Waals surface area contributed by atoms with Crippen molar-refractivity contribution in [3.8, 4) is 0 Å². The van der Waals surface area contributed by atoms with Gasteiger partial charge in [-0.3, -0.25) is 13.6 Å². The average Bonchev–Trinajstić information content (AvgIpc) is 2.66. The van der Waals surface area contributed by atoms with E-state index >= 15 is 0 Å². The highest BCUT2D eigenvalue weighted by molar-refractivity contribution is 7.47. The van der Waals surface area contributed by atoms with Crippen LogP contribution in [0.1, 0.15) is 6.42 Å². The number of hydrogen-bond acceptors (Lipinski definition) is 13. The Balaban J connectivity index is 4.87. The van der Waals surface area contributed by atoms with Crippen molar-refractivity contribution in [3.05, 3.63) is 0 Å². The van der Waals surface area contributed by atoms with Crippen molar-refractivity contribution < 1.29 is 77.6 Å². The quantitative estimate of drug-likeness (QED) is 0.0734. The summed E-state index contributed by atoms with van der Waals surface area (Å²) in [6.07, 6.45) is -15.4. The summed E-state index contributed by atoms with van der Waals surface area (Å²) < 4.78 is 34.8. The third kappa shape index (κ3) is 11.1. The van der Waals surface area contributed by atoms with Gasteiger partial charge in [0.25, 0.3) is 0 Å². The molecule has 0 aliphatic carbocycles. The molecule has 0 heterocycles. The number of phosphoric ester groups is 2. The Labute approximate surface area is 169 Å². The van der Waals surface area contributed by atoms with Crippen LogP contribution in [0.3, 0.4) is 0 Å². The molecule has 30 heavy (non-hydrogen) atoms. The molecule has 178 valence electrons. The Morgan fingerprint density at radius 1 is 0.733 bits per heavy atom. The topological polar surface area (TPSA) is 278 Å². The van der Waals surface area contributed by atoms with Crippen molar-refractivity contribution in [2.75, 3.05) is 13.2 Å². The molecular weight excluding hydrogens is 462 g/mol. The van der Waals surface area contributed by atoms with Crippen LogP contribution in [0.4, 0.5) is 0 Å². The van der Waals surface area contributed by atoms with Crippen LogP contribution >= 0.6 is 15.6 Å². The Morgan fingerprint density at radius 3 is 1.70 bits per heavy atom. The fourth-order valence-corrected chi connectivity index (χ4v) is 3.04. The number of aliphatic hydroxyl groups is 6. The Morgan fingerprint density at radius 2 is 1.23 bits per heavy atom. The maximum absolute atomic E-state index is 11.8. The lowest BCUT2D eigenvalue weighted by molar-refractivity contribution is -0.136. The summed E-state index contributed by atoms with van der Waals surface area (Å²) in [4.78, 5) is 47.8. The molecule has 0 rings (SSSR count). The molecule has 0 aliphatic rings. The summed E-state index contributed by atoms with van der Waals surface area (Å²) in [5.41, 5.74) is 0. The number of aldehydes is 2. The normalized spacial score (nSPS) is 21.5. The first-order valence-electron chi connectivity index (χ1n) is 7.98. The van der Waals surface area contributed by atoms with E-state index in [0.717, 1.165) is 0 Å². The first-order valence-corrected chi connectivity index (χ1v) is 11.0. The zero-order valence-electron chi connectivity index (χ0n) is 15.1. The van der Waals surface area contributed by atoms with Gasteiger partial charge in [0.1, 0.15) is 36.8 Å². The van der Waals surface area contributed by atoms with Crippen molar-refractivity contribution in [2.24, 2.45) is 0 Å². The summed E-state index contributed by atoms with van der Waals surface area (Å²) >= 11 is 0. The molecule has 0 aromatic heterocycles. The second-order valence-electron chi connectivity index (χ2n) is 5.83. The van der Waals surface area contributed by atoms with Crippen molar-refractivity contribution in [3.63, 3.8) is 0 Å². The lowest BCUT2D eigenvalue weighted by atomic mass is 10.0. The minimum absolute atomic E-state index is 0.238. The molecule has 16 nitrogen and oxygen atoms in total. The third-order valence-electron chi connectivity index (χ3n) is 3.42. The molecule has 0 amide bonds. The van der Waals surface area contributed by atoms with E-state index < -0.39 is 78.0 Å². The first-order chi connectivity index (χ1) is 13.6. The van der Waals surface area contributed by atoms with Crippen LogP contribution in [0.15, 0.2) is 0 Å². The zero-order chi connectivity index (χ0) is 23.7. The highest BCUT2D eigenvalue weighted by Gasteiger charge is 2.38. The van der Waals surface area contributed by atoms with Crippen LogP contribution in [-0.4, -0.2) is 114 Å². The number of aliphatic hydroxyl groups excluding tert-OH is 6. The predicted molar refractivity (Wildman–Crippen MR) is 91.4 cm³/mol. The molecule has 0 spiro atoms.